The van der Waals surface area contributed by atoms with Crippen LogP contribution in [-0.2, 0) is 0 Å². The van der Waals surface area contributed by atoms with Gasteiger partial charge in [0.1, 0.15) is 0 Å². The summed E-state index contributed by atoms with van der Waals surface area (Å²) in [6.45, 7) is 0. The summed E-state index contributed by atoms with van der Waals surface area (Å²) in [5.41, 5.74) is -5.21. The first-order valence-corrected chi connectivity index (χ1v) is 10.8. The van der Waals surface area contributed by atoms with E-state index in [9.17, 15) is 75.1 Å². The minimum Gasteiger partial charge on any atom is -0.478 e. The Labute approximate surface area is 279 Å². The number of carboxylic acid groups (broad SMARTS) is 3. The van der Waals surface area contributed by atoms with Crippen LogP contribution >= 0.6 is 0 Å². The molecule has 25 heteroatoms. The predicted molar refractivity (Wildman–Crippen MR) is 140 cm³/mol. The van der Waals surface area contributed by atoms with Crippen molar-refractivity contribution in [2.75, 3.05) is 0 Å². The van der Waals surface area contributed by atoms with E-state index in [4.69, 9.17) is 15.3 Å². The van der Waals surface area contributed by atoms with E-state index in [2.05, 4.69) is 0 Å². The standard InChI is InChI=1S/3C7H4N2O6.Lu/c3*10-7(11)4-1-5(8(12)13)3-6(2-4)9(14)15;/h3*1-3H,(H,10,11);. The molecule has 0 bridgehead atoms. The molecule has 0 atom stereocenters. The second-order valence-corrected chi connectivity index (χ2v) is 7.67. The van der Waals surface area contributed by atoms with Crippen molar-refractivity contribution in [3.8, 4) is 0 Å². The number of benzene rings is 3. The molecule has 24 nitrogen and oxygen atoms in total. The number of non-ortho nitro benzene ring substituents is 6. The Bertz CT molecular complexity index is 1340. The third-order valence-corrected chi connectivity index (χ3v) is 4.71. The van der Waals surface area contributed by atoms with Crippen molar-refractivity contribution < 1.29 is 96.1 Å². The molecule has 0 aromatic heterocycles. The molecule has 1 radical (unpaired) electrons. The summed E-state index contributed by atoms with van der Waals surface area (Å²) in [4.78, 5) is 88.2. The Kier molecular flexibility index (Phi) is 14.8. The van der Waals surface area contributed by atoms with Gasteiger partial charge in [-0.1, -0.05) is 0 Å². The predicted octanol–water partition coefficient (Wildman–Crippen LogP) is 3.60. The Morgan fingerprint density at radius 1 is 0.370 bits per heavy atom. The molecule has 3 rings (SSSR count). The van der Waals surface area contributed by atoms with Gasteiger partial charge in [0.25, 0.3) is 34.1 Å². The quantitative estimate of drug-likeness (QED) is 0.205. The van der Waals surface area contributed by atoms with Gasteiger partial charge in [-0.3, -0.25) is 60.7 Å². The van der Waals surface area contributed by atoms with Crippen molar-refractivity contribution in [1.82, 2.24) is 0 Å². The van der Waals surface area contributed by atoms with Gasteiger partial charge >= 0.3 is 17.9 Å². The number of rotatable bonds is 9. The normalized spacial score (nSPS) is 9.39. The van der Waals surface area contributed by atoms with E-state index in [1.54, 1.807) is 0 Å². The second-order valence-electron chi connectivity index (χ2n) is 7.67. The van der Waals surface area contributed by atoms with Gasteiger partial charge in [0, 0.05) is 73.3 Å². The monoisotopic (exact) mass is 811 g/mol. The second kappa shape index (κ2) is 17.1. The third-order valence-electron chi connectivity index (χ3n) is 4.71. The molecule has 3 aromatic rings. The fourth-order valence-electron chi connectivity index (χ4n) is 2.79. The maximum Gasteiger partial charge on any atom is 0.336 e. The van der Waals surface area contributed by atoms with E-state index >= 15 is 0 Å². The largest absolute Gasteiger partial charge is 0.478 e. The average molecular weight is 811 g/mol. The van der Waals surface area contributed by atoms with Crippen molar-refractivity contribution >= 4 is 52.0 Å². The smallest absolute Gasteiger partial charge is 0.336 e. The van der Waals surface area contributed by atoms with Gasteiger partial charge in [-0.2, -0.15) is 0 Å². The van der Waals surface area contributed by atoms with Crippen LogP contribution in [0.15, 0.2) is 54.6 Å². The van der Waals surface area contributed by atoms with E-state index < -0.39 is 98.3 Å². The van der Waals surface area contributed by atoms with Gasteiger partial charge in [0.15, 0.2) is 0 Å². The van der Waals surface area contributed by atoms with Gasteiger partial charge in [-0.15, -0.1) is 0 Å². The Balaban J connectivity index is 0.000000653. The van der Waals surface area contributed by atoms with E-state index in [0.717, 1.165) is 36.4 Å². The summed E-state index contributed by atoms with van der Waals surface area (Å²) in [7, 11) is 0. The molecule has 46 heavy (non-hydrogen) atoms. The first kappa shape index (κ1) is 39.7. The van der Waals surface area contributed by atoms with Crippen LogP contribution in [0.25, 0.3) is 0 Å². The van der Waals surface area contributed by atoms with E-state index in [1.165, 1.54) is 0 Å². The fourth-order valence-corrected chi connectivity index (χ4v) is 2.79. The molecule has 0 saturated heterocycles. The Hall–Kier alpha value is -6.30. The maximum absolute atomic E-state index is 10.5. The molecular weight excluding hydrogens is 799 g/mol. The fraction of sp³-hybridized carbons (Fsp3) is 0. The molecule has 0 aliphatic carbocycles. The van der Waals surface area contributed by atoms with Crippen LogP contribution in [0.5, 0.6) is 0 Å². The molecule has 0 amide bonds. The zero-order chi connectivity index (χ0) is 34.8. The SMILES string of the molecule is O=C(O)c1cc([N+](=O)[O-])cc([N+](=O)[O-])c1.O=C(O)c1cc([N+](=O)[O-])cc([N+](=O)[O-])c1.O=C(O)c1cc([N+](=O)[O-])cc([N+](=O)[O-])c1.[Lu]. The van der Waals surface area contributed by atoms with Crippen LogP contribution in [0.4, 0.5) is 34.1 Å². The first-order valence-electron chi connectivity index (χ1n) is 10.8. The maximum atomic E-state index is 10.5. The van der Waals surface area contributed by atoms with Crippen molar-refractivity contribution in [2.24, 2.45) is 0 Å². The van der Waals surface area contributed by atoms with Crippen LogP contribution in [0.3, 0.4) is 0 Å². The number of hydrogen-bond donors (Lipinski definition) is 3. The summed E-state index contributed by atoms with van der Waals surface area (Å²) >= 11 is 0. The van der Waals surface area contributed by atoms with Gasteiger partial charge in [0.2, 0.25) is 0 Å². The van der Waals surface area contributed by atoms with Crippen molar-refractivity contribution in [1.29, 1.82) is 0 Å². The Morgan fingerprint density at radius 2 is 0.500 bits per heavy atom. The van der Waals surface area contributed by atoms with Crippen molar-refractivity contribution in [3.05, 3.63) is 132 Å². The van der Waals surface area contributed by atoms with Crippen LogP contribution in [0.1, 0.15) is 31.1 Å². The molecule has 0 saturated carbocycles. The number of nitrogens with zero attached hydrogens (tertiary/aromatic N) is 6. The van der Waals surface area contributed by atoms with E-state index in [0.29, 0.717) is 18.2 Å². The average Bonchev–Trinajstić information content (AvgIpc) is 2.96. The van der Waals surface area contributed by atoms with Crippen LogP contribution in [0, 0.1) is 97.6 Å². The summed E-state index contributed by atoms with van der Waals surface area (Å²) in [5.74, 6) is -4.37. The van der Waals surface area contributed by atoms with Crippen LogP contribution < -0.4 is 0 Å². The summed E-state index contributed by atoms with van der Waals surface area (Å²) in [6, 6.07) is 6.66. The van der Waals surface area contributed by atoms with E-state index in [1.807, 2.05) is 0 Å². The van der Waals surface area contributed by atoms with Gasteiger partial charge in [0.05, 0.1) is 64.4 Å². The number of nitro benzene ring substituents is 6. The van der Waals surface area contributed by atoms with Gasteiger partial charge < -0.3 is 15.3 Å². The molecular formula is C21H12LuN6O18. The number of nitro groups is 6. The molecule has 0 heterocycles. The Morgan fingerprint density at radius 3 is 0.587 bits per heavy atom. The number of carbonyl (C=O) groups is 3. The summed E-state index contributed by atoms with van der Waals surface area (Å²) < 4.78 is 0. The first-order chi connectivity index (χ1) is 20.7. The summed E-state index contributed by atoms with van der Waals surface area (Å²) in [5, 5.41) is 87.7. The minimum absolute atomic E-state index is 0. The van der Waals surface area contributed by atoms with Crippen molar-refractivity contribution in [3.63, 3.8) is 0 Å². The molecule has 0 spiro atoms. The molecule has 0 unspecified atom stereocenters. The van der Waals surface area contributed by atoms with Gasteiger partial charge in [-0.05, 0) is 0 Å². The minimum atomic E-state index is -1.46. The zero-order valence-electron chi connectivity index (χ0n) is 21.6. The third kappa shape index (κ3) is 11.8. The van der Waals surface area contributed by atoms with Crippen LogP contribution in [-0.4, -0.2) is 62.8 Å². The number of carboxylic acids is 3. The molecule has 3 aromatic carbocycles. The molecule has 0 aliphatic rings. The van der Waals surface area contributed by atoms with Crippen LogP contribution in [0.2, 0.25) is 0 Å². The topological polar surface area (TPSA) is 371 Å². The molecule has 0 aliphatic heterocycles. The number of hydrogen-bond acceptors (Lipinski definition) is 15. The number of aromatic carboxylic acids is 3. The molecule has 3 N–H and O–H groups in total. The zero-order valence-corrected chi connectivity index (χ0v) is 23.3. The van der Waals surface area contributed by atoms with E-state index in [-0.39, 0.29) is 36.9 Å². The molecule has 249 valence electrons. The van der Waals surface area contributed by atoms with Crippen molar-refractivity contribution in [2.45, 2.75) is 0 Å². The van der Waals surface area contributed by atoms with Gasteiger partial charge in [-0.25, -0.2) is 14.4 Å². The summed E-state index contributed by atoms with van der Waals surface area (Å²) in [6.07, 6.45) is 0. The molecule has 0 fully saturated rings.